The molecule has 0 bridgehead atoms. The van der Waals surface area contributed by atoms with Crippen LogP contribution in [0.5, 0.6) is 5.75 Å². The lowest BCUT2D eigenvalue weighted by Gasteiger charge is -2.12. The van der Waals surface area contributed by atoms with E-state index in [1.165, 1.54) is 11.3 Å². The molecule has 1 amide bonds. The van der Waals surface area contributed by atoms with Crippen LogP contribution in [0.4, 0.5) is 0 Å². The lowest BCUT2D eigenvalue weighted by atomic mass is 10.2. The van der Waals surface area contributed by atoms with Crippen LogP contribution in [0.2, 0.25) is 0 Å². The standard InChI is InChI=1S/C21H23N3O3S/c1-13-17(20(25)22-11-14-7-9-16(27-2)10-8-14)18-19(28-13)21(26)24(12-23-18)15-5-3-4-6-15/h7-10,12,15H,3-6,11H2,1-2H3,(H,22,25). The first-order chi connectivity index (χ1) is 13.6. The number of fused-ring (bicyclic) bond motifs is 1. The van der Waals surface area contributed by atoms with Gasteiger partial charge in [0.2, 0.25) is 0 Å². The Morgan fingerprint density at radius 2 is 2.00 bits per heavy atom. The molecular formula is C21H23N3O3S. The Kier molecular flexibility index (Phi) is 5.17. The van der Waals surface area contributed by atoms with Crippen molar-refractivity contribution in [1.29, 1.82) is 0 Å². The summed E-state index contributed by atoms with van der Waals surface area (Å²) in [5.41, 5.74) is 1.96. The summed E-state index contributed by atoms with van der Waals surface area (Å²) in [5.74, 6) is 0.572. The van der Waals surface area contributed by atoms with Crippen molar-refractivity contribution < 1.29 is 9.53 Å². The molecule has 1 aliphatic rings. The van der Waals surface area contributed by atoms with Crippen LogP contribution in [0.15, 0.2) is 35.4 Å². The van der Waals surface area contributed by atoms with Crippen LogP contribution in [0.3, 0.4) is 0 Å². The van der Waals surface area contributed by atoms with Gasteiger partial charge in [0.25, 0.3) is 11.5 Å². The zero-order valence-corrected chi connectivity index (χ0v) is 16.8. The highest BCUT2D eigenvalue weighted by Gasteiger charge is 2.23. The second kappa shape index (κ2) is 7.75. The van der Waals surface area contributed by atoms with Gasteiger partial charge in [-0.05, 0) is 37.5 Å². The highest BCUT2D eigenvalue weighted by Crippen LogP contribution is 2.31. The monoisotopic (exact) mass is 397 g/mol. The van der Waals surface area contributed by atoms with E-state index in [2.05, 4.69) is 10.3 Å². The van der Waals surface area contributed by atoms with Crippen LogP contribution < -0.4 is 15.6 Å². The van der Waals surface area contributed by atoms with Crippen LogP contribution >= 0.6 is 11.3 Å². The highest BCUT2D eigenvalue weighted by atomic mass is 32.1. The predicted octanol–water partition coefficient (Wildman–Crippen LogP) is 3.82. The van der Waals surface area contributed by atoms with Gasteiger partial charge in [-0.2, -0.15) is 0 Å². The van der Waals surface area contributed by atoms with E-state index in [0.717, 1.165) is 41.9 Å². The number of hydrogen-bond donors (Lipinski definition) is 1. The van der Waals surface area contributed by atoms with Crippen LogP contribution in [-0.2, 0) is 6.54 Å². The SMILES string of the molecule is COc1ccc(CNC(=O)c2c(C)sc3c(=O)n(C4CCCC4)cnc23)cc1. The largest absolute Gasteiger partial charge is 0.497 e. The van der Waals surface area contributed by atoms with Gasteiger partial charge in [-0.1, -0.05) is 25.0 Å². The fraction of sp³-hybridized carbons (Fsp3) is 0.381. The molecule has 2 aromatic heterocycles. The summed E-state index contributed by atoms with van der Waals surface area (Å²) in [6.07, 6.45) is 5.96. The van der Waals surface area contributed by atoms with Crippen LogP contribution in [0, 0.1) is 6.92 Å². The van der Waals surface area contributed by atoms with Gasteiger partial charge in [0.15, 0.2) is 0 Å². The molecule has 28 heavy (non-hydrogen) atoms. The van der Waals surface area contributed by atoms with Crippen LogP contribution in [0.25, 0.3) is 10.2 Å². The number of nitrogens with zero attached hydrogens (tertiary/aromatic N) is 2. The number of carbonyl (C=O) groups excluding carboxylic acids is 1. The maximum atomic E-state index is 12.9. The van der Waals surface area contributed by atoms with Crippen LogP contribution in [0.1, 0.15) is 52.5 Å². The minimum Gasteiger partial charge on any atom is -0.497 e. The Bertz CT molecular complexity index is 1060. The molecule has 7 heteroatoms. The van der Waals surface area contributed by atoms with Crippen molar-refractivity contribution in [3.63, 3.8) is 0 Å². The predicted molar refractivity (Wildman–Crippen MR) is 110 cm³/mol. The Morgan fingerprint density at radius 1 is 1.29 bits per heavy atom. The second-order valence-corrected chi connectivity index (χ2v) is 8.36. The molecular weight excluding hydrogens is 374 g/mol. The molecule has 0 radical (unpaired) electrons. The van der Waals surface area contributed by atoms with Gasteiger partial charge in [0.1, 0.15) is 16.0 Å². The molecule has 1 fully saturated rings. The molecule has 1 N–H and O–H groups in total. The number of methoxy groups -OCH3 is 1. The number of rotatable bonds is 5. The number of aryl methyl sites for hydroxylation is 1. The zero-order valence-electron chi connectivity index (χ0n) is 16.0. The Hall–Kier alpha value is -2.67. The topological polar surface area (TPSA) is 73.2 Å². The van der Waals surface area contributed by atoms with Gasteiger partial charge in [-0.25, -0.2) is 4.98 Å². The van der Waals surface area contributed by atoms with E-state index < -0.39 is 0 Å². The number of amides is 1. The normalized spacial score (nSPS) is 14.5. The van der Waals surface area contributed by atoms with Crippen molar-refractivity contribution in [1.82, 2.24) is 14.9 Å². The smallest absolute Gasteiger partial charge is 0.271 e. The first-order valence-electron chi connectivity index (χ1n) is 9.50. The fourth-order valence-electron chi connectivity index (χ4n) is 3.81. The third kappa shape index (κ3) is 3.42. The summed E-state index contributed by atoms with van der Waals surface area (Å²) in [7, 11) is 1.62. The number of carbonyl (C=O) groups is 1. The molecule has 0 spiro atoms. The van der Waals surface area contributed by atoms with Gasteiger partial charge >= 0.3 is 0 Å². The summed E-state index contributed by atoms with van der Waals surface area (Å²) in [4.78, 5) is 31.1. The molecule has 0 unspecified atom stereocenters. The minimum atomic E-state index is -0.204. The molecule has 4 rings (SSSR count). The third-order valence-electron chi connectivity index (χ3n) is 5.36. The van der Waals surface area contributed by atoms with Crippen molar-refractivity contribution >= 4 is 27.5 Å². The number of hydrogen-bond acceptors (Lipinski definition) is 5. The van der Waals surface area contributed by atoms with E-state index in [4.69, 9.17) is 4.74 Å². The van der Waals surface area contributed by atoms with E-state index in [1.54, 1.807) is 18.0 Å². The third-order valence-corrected chi connectivity index (χ3v) is 6.44. The lowest BCUT2D eigenvalue weighted by Crippen LogP contribution is -2.25. The summed E-state index contributed by atoms with van der Waals surface area (Å²) < 4.78 is 7.47. The quantitative estimate of drug-likeness (QED) is 0.710. The molecule has 1 aromatic carbocycles. The zero-order chi connectivity index (χ0) is 19.7. The van der Waals surface area contributed by atoms with Crippen molar-refractivity contribution in [2.45, 2.75) is 45.2 Å². The highest BCUT2D eigenvalue weighted by molar-refractivity contribution is 7.19. The molecule has 0 saturated heterocycles. The number of ether oxygens (including phenoxy) is 1. The van der Waals surface area contributed by atoms with Gasteiger partial charge in [-0.3, -0.25) is 14.2 Å². The number of aromatic nitrogens is 2. The van der Waals surface area contributed by atoms with Gasteiger partial charge < -0.3 is 10.1 Å². The van der Waals surface area contributed by atoms with E-state index in [9.17, 15) is 9.59 Å². The van der Waals surface area contributed by atoms with Crippen molar-refractivity contribution in [3.05, 3.63) is 57.0 Å². The second-order valence-electron chi connectivity index (χ2n) is 7.14. The number of nitrogens with one attached hydrogen (secondary N) is 1. The van der Waals surface area contributed by atoms with Crippen molar-refractivity contribution in [3.8, 4) is 5.75 Å². The lowest BCUT2D eigenvalue weighted by molar-refractivity contribution is 0.0952. The average Bonchev–Trinajstić information content (AvgIpc) is 3.35. The van der Waals surface area contributed by atoms with E-state index in [-0.39, 0.29) is 17.5 Å². The molecule has 3 aromatic rings. The van der Waals surface area contributed by atoms with E-state index >= 15 is 0 Å². The Labute approximate surface area is 167 Å². The maximum Gasteiger partial charge on any atom is 0.271 e. The summed E-state index contributed by atoms with van der Waals surface area (Å²) in [6.45, 7) is 2.27. The van der Waals surface area contributed by atoms with Crippen molar-refractivity contribution in [2.75, 3.05) is 7.11 Å². The molecule has 1 aliphatic carbocycles. The fourth-order valence-corrected chi connectivity index (χ4v) is 4.86. The van der Waals surface area contributed by atoms with E-state index in [0.29, 0.717) is 22.3 Å². The first-order valence-corrected chi connectivity index (χ1v) is 10.3. The minimum absolute atomic E-state index is 0.0285. The summed E-state index contributed by atoms with van der Waals surface area (Å²) >= 11 is 1.36. The van der Waals surface area contributed by atoms with Gasteiger partial charge in [-0.15, -0.1) is 11.3 Å². The molecule has 0 aliphatic heterocycles. The molecule has 6 nitrogen and oxygen atoms in total. The molecule has 146 valence electrons. The average molecular weight is 398 g/mol. The number of benzene rings is 1. The van der Waals surface area contributed by atoms with Gasteiger partial charge in [0.05, 0.1) is 19.0 Å². The Morgan fingerprint density at radius 3 is 2.68 bits per heavy atom. The maximum absolute atomic E-state index is 12.9. The molecule has 0 atom stereocenters. The molecule has 1 saturated carbocycles. The van der Waals surface area contributed by atoms with Gasteiger partial charge in [0, 0.05) is 17.5 Å². The van der Waals surface area contributed by atoms with Crippen LogP contribution in [-0.4, -0.2) is 22.6 Å². The number of thiophene rings is 1. The summed E-state index contributed by atoms with van der Waals surface area (Å²) in [6, 6.07) is 7.78. The first kappa shape index (κ1) is 18.7. The van der Waals surface area contributed by atoms with Crippen molar-refractivity contribution in [2.24, 2.45) is 0 Å². The summed E-state index contributed by atoms with van der Waals surface area (Å²) in [5, 5.41) is 2.94. The Balaban J connectivity index is 1.58. The molecule has 2 heterocycles. The van der Waals surface area contributed by atoms with E-state index in [1.807, 2.05) is 31.2 Å².